The van der Waals surface area contributed by atoms with Gasteiger partial charge < -0.3 is 15.4 Å². The molecule has 0 unspecified atom stereocenters. The van der Waals surface area contributed by atoms with Gasteiger partial charge in [0.15, 0.2) is 6.61 Å². The fourth-order valence-electron chi connectivity index (χ4n) is 3.78. The lowest BCUT2D eigenvalue weighted by Crippen LogP contribution is -2.38. The van der Waals surface area contributed by atoms with Crippen LogP contribution in [0.15, 0.2) is 71.6 Å². The summed E-state index contributed by atoms with van der Waals surface area (Å²) in [7, 11) is -3.67. The maximum atomic E-state index is 12.5. The number of ether oxygens (including phenoxy) is 1. The molecule has 34 heavy (non-hydrogen) atoms. The second kappa shape index (κ2) is 9.66. The number of amides is 1. The molecule has 1 amide bonds. The summed E-state index contributed by atoms with van der Waals surface area (Å²) in [5.41, 5.74) is 4.05. The summed E-state index contributed by atoms with van der Waals surface area (Å²) in [4.78, 5) is 24.9. The molecule has 176 valence electrons. The third kappa shape index (κ3) is 4.95. The molecule has 0 fully saturated rings. The first-order valence-electron chi connectivity index (χ1n) is 10.8. The summed E-state index contributed by atoms with van der Waals surface area (Å²) in [5, 5.41) is 5.95. The van der Waals surface area contributed by atoms with E-state index in [1.165, 1.54) is 18.2 Å². The number of rotatable bonds is 6. The van der Waals surface area contributed by atoms with E-state index in [1.54, 1.807) is 30.3 Å². The molecular weight excluding hydrogens is 454 g/mol. The van der Waals surface area contributed by atoms with Crippen LogP contribution < -0.4 is 15.4 Å². The predicted molar refractivity (Wildman–Crippen MR) is 129 cm³/mol. The summed E-state index contributed by atoms with van der Waals surface area (Å²) in [5.74, 6) is -1.07. The van der Waals surface area contributed by atoms with Crippen molar-refractivity contribution in [3.63, 3.8) is 0 Å². The maximum Gasteiger partial charge on any atom is 0.338 e. The predicted octanol–water partition coefficient (Wildman–Crippen LogP) is 3.76. The summed E-state index contributed by atoms with van der Waals surface area (Å²) in [6.45, 7) is 3.49. The number of hydrogen-bond acceptors (Lipinski definition) is 6. The Morgan fingerprint density at radius 1 is 1.00 bits per heavy atom. The molecule has 0 aromatic heterocycles. The lowest BCUT2D eigenvalue weighted by atomic mass is 10.1. The first kappa shape index (κ1) is 23.5. The van der Waals surface area contributed by atoms with Crippen LogP contribution in [0, 0.1) is 6.92 Å². The number of carbonyl (C=O) groups excluding carboxylic acids is 2. The number of hydrogen-bond donors (Lipinski definition) is 3. The zero-order valence-corrected chi connectivity index (χ0v) is 19.6. The Kier molecular flexibility index (Phi) is 6.67. The first-order chi connectivity index (χ1) is 16.3. The van der Waals surface area contributed by atoms with Gasteiger partial charge >= 0.3 is 5.97 Å². The highest BCUT2D eigenvalue weighted by Crippen LogP contribution is 2.30. The van der Waals surface area contributed by atoms with Gasteiger partial charge in [-0.05, 0) is 54.3 Å². The Balaban J connectivity index is 1.38. The monoisotopic (exact) mass is 479 g/mol. The minimum Gasteiger partial charge on any atom is -0.452 e. The first-order valence-corrected chi connectivity index (χ1v) is 12.3. The van der Waals surface area contributed by atoms with Crippen molar-refractivity contribution in [2.75, 3.05) is 17.2 Å². The molecule has 0 saturated heterocycles. The molecule has 0 saturated carbocycles. The molecule has 9 heteroatoms. The molecular formula is C25H25N3O5S. The lowest BCUT2D eigenvalue weighted by Gasteiger charge is -2.28. The molecule has 0 spiro atoms. The van der Waals surface area contributed by atoms with E-state index in [0.717, 1.165) is 23.2 Å². The van der Waals surface area contributed by atoms with Crippen molar-refractivity contribution in [3.05, 3.63) is 89.0 Å². The van der Waals surface area contributed by atoms with Gasteiger partial charge in [-0.2, -0.15) is 4.72 Å². The van der Waals surface area contributed by atoms with Gasteiger partial charge in [-0.25, -0.2) is 13.2 Å². The summed E-state index contributed by atoms with van der Waals surface area (Å²) in [6.07, 6.45) is 0.0821. The zero-order valence-electron chi connectivity index (χ0n) is 18.8. The van der Waals surface area contributed by atoms with E-state index in [2.05, 4.69) is 15.4 Å². The molecule has 1 aliphatic heterocycles. The molecule has 3 aromatic rings. The molecule has 3 N–H and O–H groups in total. The number of esters is 1. The van der Waals surface area contributed by atoms with Crippen molar-refractivity contribution in [2.45, 2.75) is 31.3 Å². The largest absolute Gasteiger partial charge is 0.452 e. The topological polar surface area (TPSA) is 114 Å². The number of nitrogens with one attached hydrogen (secondary N) is 3. The molecule has 1 heterocycles. The van der Waals surface area contributed by atoms with Gasteiger partial charge in [-0.1, -0.05) is 49.4 Å². The van der Waals surface area contributed by atoms with Crippen LogP contribution in [0.4, 0.5) is 11.4 Å². The third-order valence-electron chi connectivity index (χ3n) is 5.57. The fraction of sp³-hybridized carbons (Fsp3) is 0.200. The zero-order chi connectivity index (χ0) is 24.3. The molecule has 0 radical (unpaired) electrons. The van der Waals surface area contributed by atoms with Crippen LogP contribution in [0.1, 0.15) is 40.1 Å². The summed E-state index contributed by atoms with van der Waals surface area (Å²) in [6, 6.07) is 18.7. The van der Waals surface area contributed by atoms with Gasteiger partial charge in [0.05, 0.1) is 11.3 Å². The van der Waals surface area contributed by atoms with E-state index in [9.17, 15) is 18.0 Å². The van der Waals surface area contributed by atoms with Crippen molar-refractivity contribution < 1.29 is 22.7 Å². The number of benzene rings is 3. The van der Waals surface area contributed by atoms with Crippen molar-refractivity contribution in [1.82, 2.24) is 4.72 Å². The number of sulfonamides is 1. The smallest absolute Gasteiger partial charge is 0.338 e. The number of anilines is 2. The second-order valence-corrected chi connectivity index (χ2v) is 9.59. The van der Waals surface area contributed by atoms with Crippen LogP contribution in [0.3, 0.4) is 0 Å². The lowest BCUT2D eigenvalue weighted by molar-refractivity contribution is -0.119. The Bertz CT molecular complexity index is 1340. The van der Waals surface area contributed by atoms with E-state index < -0.39 is 34.7 Å². The van der Waals surface area contributed by atoms with Crippen LogP contribution in [0.5, 0.6) is 0 Å². The van der Waals surface area contributed by atoms with Gasteiger partial charge in [-0.3, -0.25) is 4.79 Å². The summed E-state index contributed by atoms with van der Waals surface area (Å²) < 4.78 is 32.8. The second-order valence-electron chi connectivity index (χ2n) is 7.90. The van der Waals surface area contributed by atoms with E-state index >= 15 is 0 Å². The van der Waals surface area contributed by atoms with E-state index in [-0.39, 0.29) is 10.5 Å². The standard InChI is InChI=1S/C25H25N3O5S/c1-3-17-8-6-7-16(2)23(17)27-22(29)15-33-25(30)19-13-11-18(12-14-19)24-26-20-9-4-5-10-21(20)34(31,32)28-24/h4-14,24,26,28H,3,15H2,1-2H3,(H,27,29)/t24-/m0/s1. The van der Waals surface area contributed by atoms with Crippen LogP contribution >= 0.6 is 0 Å². The van der Waals surface area contributed by atoms with Crippen molar-refractivity contribution >= 4 is 33.3 Å². The highest BCUT2D eigenvalue weighted by Gasteiger charge is 2.29. The SMILES string of the molecule is CCc1cccc(C)c1NC(=O)COC(=O)c1ccc([C@H]2Nc3ccccc3S(=O)(=O)N2)cc1. The Morgan fingerprint density at radius 2 is 1.74 bits per heavy atom. The highest BCUT2D eigenvalue weighted by atomic mass is 32.2. The van der Waals surface area contributed by atoms with Gasteiger partial charge in [0, 0.05) is 5.69 Å². The van der Waals surface area contributed by atoms with E-state index in [4.69, 9.17) is 4.74 Å². The van der Waals surface area contributed by atoms with Crippen LogP contribution in [0.25, 0.3) is 0 Å². The molecule has 3 aromatic carbocycles. The molecule has 0 aliphatic carbocycles. The van der Waals surface area contributed by atoms with Crippen molar-refractivity contribution in [1.29, 1.82) is 0 Å². The van der Waals surface area contributed by atoms with Crippen LogP contribution in [-0.2, 0) is 26.0 Å². The van der Waals surface area contributed by atoms with Gasteiger partial charge in [-0.15, -0.1) is 0 Å². The minimum absolute atomic E-state index is 0.182. The normalized spacial score (nSPS) is 16.1. The van der Waals surface area contributed by atoms with Crippen molar-refractivity contribution in [3.8, 4) is 0 Å². The van der Waals surface area contributed by atoms with E-state index in [0.29, 0.717) is 11.3 Å². The maximum absolute atomic E-state index is 12.5. The van der Waals surface area contributed by atoms with E-state index in [1.807, 2.05) is 32.0 Å². The quantitative estimate of drug-likeness (QED) is 0.464. The van der Waals surface area contributed by atoms with Gasteiger partial charge in [0.1, 0.15) is 11.1 Å². The average Bonchev–Trinajstić information content (AvgIpc) is 2.83. The Labute approximate surface area is 198 Å². The van der Waals surface area contributed by atoms with Gasteiger partial charge in [0.25, 0.3) is 5.91 Å². The number of para-hydroxylation sites is 2. The number of fused-ring (bicyclic) bond motifs is 1. The molecule has 1 atom stereocenters. The minimum atomic E-state index is -3.67. The molecule has 4 rings (SSSR count). The average molecular weight is 480 g/mol. The highest BCUT2D eigenvalue weighted by molar-refractivity contribution is 7.89. The van der Waals surface area contributed by atoms with Crippen LogP contribution in [-0.4, -0.2) is 26.9 Å². The van der Waals surface area contributed by atoms with Gasteiger partial charge in [0.2, 0.25) is 10.0 Å². The number of carbonyl (C=O) groups is 2. The Hall–Kier alpha value is -3.69. The Morgan fingerprint density at radius 3 is 2.47 bits per heavy atom. The van der Waals surface area contributed by atoms with Crippen LogP contribution in [0.2, 0.25) is 0 Å². The molecule has 1 aliphatic rings. The van der Waals surface area contributed by atoms with Crippen molar-refractivity contribution in [2.24, 2.45) is 0 Å². The molecule has 8 nitrogen and oxygen atoms in total. The summed E-state index contributed by atoms with van der Waals surface area (Å²) >= 11 is 0. The third-order valence-corrected chi connectivity index (χ3v) is 7.05. The fourth-order valence-corrected chi connectivity index (χ4v) is 5.09. The number of aryl methyl sites for hydroxylation is 2. The molecule has 0 bridgehead atoms.